The molecule has 3 aromatic rings. The molecule has 128 valence electrons. The van der Waals surface area contributed by atoms with Crippen molar-refractivity contribution >= 4 is 39.1 Å². The van der Waals surface area contributed by atoms with Crippen LogP contribution in [0.15, 0.2) is 65.1 Å². The number of aliphatic hydroxyl groups is 1. The SMILES string of the molecule is Cc1cc(Cl)ccc1C(O)(c1ccc(Br)cc1)c1ccc(Cl)cc1C. The molecule has 0 aliphatic carbocycles. The molecule has 0 bridgehead atoms. The summed E-state index contributed by atoms with van der Waals surface area (Å²) in [5.41, 5.74) is 2.92. The second-order valence-electron chi connectivity index (χ2n) is 6.14. The number of benzene rings is 3. The van der Waals surface area contributed by atoms with E-state index < -0.39 is 5.60 Å². The molecule has 4 heteroatoms. The van der Waals surface area contributed by atoms with Gasteiger partial charge in [-0.1, -0.05) is 63.4 Å². The fourth-order valence-corrected chi connectivity index (χ4v) is 3.93. The van der Waals surface area contributed by atoms with Gasteiger partial charge >= 0.3 is 0 Å². The summed E-state index contributed by atoms with van der Waals surface area (Å²) in [6.07, 6.45) is 0. The molecule has 0 amide bonds. The number of rotatable bonds is 3. The normalized spacial score (nSPS) is 11.6. The summed E-state index contributed by atoms with van der Waals surface area (Å²) >= 11 is 15.7. The van der Waals surface area contributed by atoms with E-state index in [-0.39, 0.29) is 0 Å². The Morgan fingerprint density at radius 1 is 0.760 bits per heavy atom. The molecule has 1 nitrogen and oxygen atoms in total. The first kappa shape index (κ1) is 18.5. The zero-order chi connectivity index (χ0) is 18.2. The molecule has 0 saturated heterocycles. The lowest BCUT2D eigenvalue weighted by Crippen LogP contribution is -2.30. The van der Waals surface area contributed by atoms with E-state index in [4.69, 9.17) is 23.2 Å². The third-order valence-electron chi connectivity index (χ3n) is 4.42. The minimum absolute atomic E-state index is 0.646. The molecule has 0 aliphatic heterocycles. The van der Waals surface area contributed by atoms with Crippen molar-refractivity contribution in [2.45, 2.75) is 19.4 Å². The van der Waals surface area contributed by atoms with Gasteiger partial charge in [-0.05, 0) is 78.1 Å². The molecule has 0 saturated carbocycles. The molecule has 3 rings (SSSR count). The highest BCUT2D eigenvalue weighted by atomic mass is 79.9. The van der Waals surface area contributed by atoms with Gasteiger partial charge in [0, 0.05) is 14.5 Å². The van der Waals surface area contributed by atoms with E-state index >= 15 is 0 Å². The van der Waals surface area contributed by atoms with Crippen molar-refractivity contribution in [3.05, 3.63) is 103 Å². The van der Waals surface area contributed by atoms with E-state index in [0.29, 0.717) is 10.0 Å². The number of aryl methyl sites for hydroxylation is 2. The van der Waals surface area contributed by atoms with Crippen LogP contribution in [0.2, 0.25) is 10.0 Å². The maximum Gasteiger partial charge on any atom is 0.141 e. The zero-order valence-corrected chi connectivity index (χ0v) is 17.0. The van der Waals surface area contributed by atoms with E-state index in [1.54, 1.807) is 12.1 Å². The Balaban J connectivity index is 2.33. The van der Waals surface area contributed by atoms with Gasteiger partial charge in [-0.25, -0.2) is 0 Å². The molecule has 0 aliphatic rings. The van der Waals surface area contributed by atoms with E-state index in [9.17, 15) is 5.11 Å². The number of hydrogen-bond donors (Lipinski definition) is 1. The lowest BCUT2D eigenvalue weighted by molar-refractivity contribution is 0.124. The van der Waals surface area contributed by atoms with Crippen molar-refractivity contribution in [2.24, 2.45) is 0 Å². The average molecular weight is 436 g/mol. The first-order chi connectivity index (χ1) is 11.8. The zero-order valence-electron chi connectivity index (χ0n) is 13.9. The highest BCUT2D eigenvalue weighted by molar-refractivity contribution is 9.10. The second-order valence-corrected chi connectivity index (χ2v) is 7.92. The van der Waals surface area contributed by atoms with Crippen LogP contribution >= 0.6 is 39.1 Å². The molecule has 0 spiro atoms. The van der Waals surface area contributed by atoms with Crippen molar-refractivity contribution in [2.75, 3.05) is 0 Å². The molecule has 0 radical (unpaired) electrons. The van der Waals surface area contributed by atoms with Crippen LogP contribution in [0, 0.1) is 13.8 Å². The van der Waals surface area contributed by atoms with Crippen molar-refractivity contribution in [3.63, 3.8) is 0 Å². The van der Waals surface area contributed by atoms with Crippen LogP contribution < -0.4 is 0 Å². The fraction of sp³-hybridized carbons (Fsp3) is 0.143. The maximum absolute atomic E-state index is 12.0. The minimum atomic E-state index is -1.30. The highest BCUT2D eigenvalue weighted by Gasteiger charge is 2.36. The summed E-state index contributed by atoms with van der Waals surface area (Å²) in [7, 11) is 0. The molecule has 1 N–H and O–H groups in total. The van der Waals surface area contributed by atoms with Gasteiger partial charge in [0.2, 0.25) is 0 Å². The van der Waals surface area contributed by atoms with Crippen LogP contribution in [-0.4, -0.2) is 5.11 Å². The monoisotopic (exact) mass is 434 g/mol. The van der Waals surface area contributed by atoms with Gasteiger partial charge in [0.25, 0.3) is 0 Å². The molecule has 3 aromatic carbocycles. The van der Waals surface area contributed by atoms with Gasteiger partial charge in [-0.2, -0.15) is 0 Å². The summed E-state index contributed by atoms with van der Waals surface area (Å²) in [4.78, 5) is 0. The Kier molecular flexibility index (Phi) is 5.26. The largest absolute Gasteiger partial charge is 0.376 e. The Morgan fingerprint density at radius 3 is 1.60 bits per heavy atom. The highest BCUT2D eigenvalue weighted by Crippen LogP contribution is 2.41. The van der Waals surface area contributed by atoms with Gasteiger partial charge in [0.05, 0.1) is 0 Å². The van der Waals surface area contributed by atoms with Gasteiger partial charge in [0.1, 0.15) is 5.60 Å². The van der Waals surface area contributed by atoms with Crippen molar-refractivity contribution in [1.29, 1.82) is 0 Å². The van der Waals surface area contributed by atoms with Crippen molar-refractivity contribution < 1.29 is 5.11 Å². The average Bonchev–Trinajstić information content (AvgIpc) is 2.54. The van der Waals surface area contributed by atoms with Crippen LogP contribution in [0.4, 0.5) is 0 Å². The first-order valence-corrected chi connectivity index (χ1v) is 9.39. The predicted octanol–water partition coefficient (Wildman–Crippen LogP) is 6.66. The Morgan fingerprint density at radius 2 is 1.20 bits per heavy atom. The molecular formula is C21H17BrCl2O. The topological polar surface area (TPSA) is 20.2 Å². The molecule has 0 atom stereocenters. The van der Waals surface area contributed by atoms with E-state index in [0.717, 1.165) is 32.3 Å². The van der Waals surface area contributed by atoms with E-state index in [2.05, 4.69) is 15.9 Å². The summed E-state index contributed by atoms with van der Waals surface area (Å²) < 4.78 is 0.958. The van der Waals surface area contributed by atoms with Gasteiger partial charge < -0.3 is 5.11 Å². The van der Waals surface area contributed by atoms with Crippen LogP contribution in [0.1, 0.15) is 27.8 Å². The van der Waals surface area contributed by atoms with Crippen LogP contribution in [0.3, 0.4) is 0 Å². The quantitative estimate of drug-likeness (QED) is 0.456. The summed E-state index contributed by atoms with van der Waals surface area (Å²) in [6, 6.07) is 18.8. The summed E-state index contributed by atoms with van der Waals surface area (Å²) in [6.45, 7) is 3.91. The first-order valence-electron chi connectivity index (χ1n) is 7.84. The molecule has 0 aromatic heterocycles. The van der Waals surface area contributed by atoms with Crippen molar-refractivity contribution in [3.8, 4) is 0 Å². The third kappa shape index (κ3) is 3.50. The molecule has 25 heavy (non-hydrogen) atoms. The summed E-state index contributed by atoms with van der Waals surface area (Å²) in [5, 5.41) is 13.2. The second kappa shape index (κ2) is 7.13. The van der Waals surface area contributed by atoms with Crippen molar-refractivity contribution in [1.82, 2.24) is 0 Å². The van der Waals surface area contributed by atoms with E-state index in [1.165, 1.54) is 0 Å². The van der Waals surface area contributed by atoms with Gasteiger partial charge in [-0.15, -0.1) is 0 Å². The van der Waals surface area contributed by atoms with Crippen LogP contribution in [-0.2, 0) is 5.60 Å². The Labute approximate surface area is 166 Å². The lowest BCUT2D eigenvalue weighted by atomic mass is 9.77. The third-order valence-corrected chi connectivity index (χ3v) is 5.42. The molecule has 0 heterocycles. The molecule has 0 unspecified atom stereocenters. The Hall–Kier alpha value is -1.32. The van der Waals surface area contributed by atoms with Gasteiger partial charge in [0.15, 0.2) is 0 Å². The number of halogens is 3. The minimum Gasteiger partial charge on any atom is -0.376 e. The lowest BCUT2D eigenvalue weighted by Gasteiger charge is -2.33. The fourth-order valence-electron chi connectivity index (χ4n) is 3.21. The van der Waals surface area contributed by atoms with Crippen LogP contribution in [0.5, 0.6) is 0 Å². The standard InChI is InChI=1S/C21H17BrCl2O/c1-13-11-17(23)7-9-19(13)21(25,15-3-5-16(22)6-4-15)20-10-8-18(24)12-14(20)2/h3-12,25H,1-2H3. The maximum atomic E-state index is 12.0. The predicted molar refractivity (Wildman–Crippen MR) is 109 cm³/mol. The molecular weight excluding hydrogens is 419 g/mol. The smallest absolute Gasteiger partial charge is 0.141 e. The number of hydrogen-bond acceptors (Lipinski definition) is 1. The molecule has 0 fully saturated rings. The van der Waals surface area contributed by atoms with E-state index in [1.807, 2.05) is 62.4 Å². The van der Waals surface area contributed by atoms with Gasteiger partial charge in [-0.3, -0.25) is 0 Å². The summed E-state index contributed by atoms with van der Waals surface area (Å²) in [5.74, 6) is 0. The van der Waals surface area contributed by atoms with Crippen LogP contribution in [0.25, 0.3) is 0 Å². The Bertz CT molecular complexity index is 868.